The number of aromatic nitrogens is 3. The van der Waals surface area contributed by atoms with Crippen LogP contribution in [0.25, 0.3) is 5.65 Å². The van der Waals surface area contributed by atoms with E-state index in [1.54, 1.807) is 4.90 Å². The summed E-state index contributed by atoms with van der Waals surface area (Å²) >= 11 is 0. The van der Waals surface area contributed by atoms with Crippen LogP contribution in [0.5, 0.6) is 0 Å². The SMILES string of the molecule is CC(C)C(NC(=O)N1CCC(CO)C1)c1nnc2ccccn12. The Balaban J connectivity index is 1.78. The smallest absolute Gasteiger partial charge is 0.318 e. The number of pyridine rings is 1. The summed E-state index contributed by atoms with van der Waals surface area (Å²) in [5.41, 5.74) is 0.768. The van der Waals surface area contributed by atoms with Crippen molar-refractivity contribution in [2.75, 3.05) is 19.7 Å². The molecule has 1 aliphatic heterocycles. The summed E-state index contributed by atoms with van der Waals surface area (Å²) in [4.78, 5) is 14.3. The van der Waals surface area contributed by atoms with Gasteiger partial charge in [-0.05, 0) is 24.5 Å². The summed E-state index contributed by atoms with van der Waals surface area (Å²) < 4.78 is 1.91. The molecule has 23 heavy (non-hydrogen) atoms. The van der Waals surface area contributed by atoms with E-state index in [9.17, 15) is 9.90 Å². The van der Waals surface area contributed by atoms with E-state index in [0.29, 0.717) is 13.1 Å². The lowest BCUT2D eigenvalue weighted by Crippen LogP contribution is -2.42. The Morgan fingerprint density at radius 1 is 1.43 bits per heavy atom. The van der Waals surface area contributed by atoms with Gasteiger partial charge in [-0.15, -0.1) is 10.2 Å². The molecule has 0 radical (unpaired) electrons. The lowest BCUT2D eigenvalue weighted by atomic mass is 10.0. The van der Waals surface area contributed by atoms with Crippen molar-refractivity contribution in [1.82, 2.24) is 24.8 Å². The first kappa shape index (κ1) is 15.7. The molecular formula is C16H23N5O2. The molecule has 124 valence electrons. The number of aliphatic hydroxyl groups excluding tert-OH is 1. The molecule has 0 saturated carbocycles. The Morgan fingerprint density at radius 2 is 2.26 bits per heavy atom. The predicted molar refractivity (Wildman–Crippen MR) is 85.9 cm³/mol. The maximum absolute atomic E-state index is 12.5. The van der Waals surface area contributed by atoms with E-state index in [0.717, 1.165) is 17.9 Å². The van der Waals surface area contributed by atoms with Gasteiger partial charge in [-0.25, -0.2) is 4.79 Å². The van der Waals surface area contributed by atoms with Crippen LogP contribution in [-0.4, -0.2) is 50.3 Å². The van der Waals surface area contributed by atoms with E-state index in [4.69, 9.17) is 0 Å². The molecule has 2 N–H and O–H groups in total. The van der Waals surface area contributed by atoms with E-state index in [-0.39, 0.29) is 30.5 Å². The molecule has 2 aromatic rings. The molecule has 2 atom stereocenters. The predicted octanol–water partition coefficient (Wildman–Crippen LogP) is 1.45. The van der Waals surface area contributed by atoms with Crippen LogP contribution in [0, 0.1) is 11.8 Å². The number of likely N-dealkylation sites (tertiary alicyclic amines) is 1. The fourth-order valence-corrected chi connectivity index (χ4v) is 2.99. The molecule has 7 nitrogen and oxygen atoms in total. The van der Waals surface area contributed by atoms with Crippen LogP contribution in [0.3, 0.4) is 0 Å². The Labute approximate surface area is 135 Å². The third-order valence-electron chi connectivity index (χ3n) is 4.40. The number of nitrogens with zero attached hydrogens (tertiary/aromatic N) is 4. The Bertz CT molecular complexity index is 684. The van der Waals surface area contributed by atoms with Gasteiger partial charge in [-0.3, -0.25) is 4.40 Å². The lowest BCUT2D eigenvalue weighted by Gasteiger charge is -2.25. The minimum absolute atomic E-state index is 0.104. The molecule has 1 fully saturated rings. The van der Waals surface area contributed by atoms with Gasteiger partial charge in [0.05, 0.1) is 6.04 Å². The van der Waals surface area contributed by atoms with Crippen molar-refractivity contribution in [2.24, 2.45) is 11.8 Å². The Morgan fingerprint density at radius 3 is 2.96 bits per heavy atom. The first-order chi connectivity index (χ1) is 11.1. The van der Waals surface area contributed by atoms with Gasteiger partial charge in [0.15, 0.2) is 11.5 Å². The van der Waals surface area contributed by atoms with Crippen molar-refractivity contribution in [3.05, 3.63) is 30.2 Å². The molecule has 0 bridgehead atoms. The first-order valence-electron chi connectivity index (χ1n) is 8.06. The molecule has 7 heteroatoms. The summed E-state index contributed by atoms with van der Waals surface area (Å²) in [5.74, 6) is 1.11. The van der Waals surface area contributed by atoms with Gasteiger partial charge in [0.25, 0.3) is 0 Å². The minimum Gasteiger partial charge on any atom is -0.396 e. The van der Waals surface area contributed by atoms with Crippen molar-refractivity contribution in [3.63, 3.8) is 0 Å². The number of carbonyl (C=O) groups is 1. The summed E-state index contributed by atoms with van der Waals surface area (Å²) in [6.07, 6.45) is 2.76. The Kier molecular flexibility index (Phi) is 4.47. The zero-order valence-corrected chi connectivity index (χ0v) is 13.5. The number of carbonyl (C=O) groups excluding carboxylic acids is 1. The number of urea groups is 1. The maximum atomic E-state index is 12.5. The largest absolute Gasteiger partial charge is 0.396 e. The van der Waals surface area contributed by atoms with Gasteiger partial charge in [0.2, 0.25) is 0 Å². The van der Waals surface area contributed by atoms with Gasteiger partial charge < -0.3 is 15.3 Å². The number of nitrogens with one attached hydrogen (secondary N) is 1. The average Bonchev–Trinajstić information content (AvgIpc) is 3.19. The number of fused-ring (bicyclic) bond motifs is 1. The molecular weight excluding hydrogens is 294 g/mol. The standard InChI is InChI=1S/C16H23N5O2/c1-11(2)14(15-19-18-13-5-3-4-7-21(13)15)17-16(23)20-8-6-12(9-20)10-22/h3-5,7,11-12,14,22H,6,8-10H2,1-2H3,(H,17,23). The van der Waals surface area contributed by atoms with Gasteiger partial charge >= 0.3 is 6.03 Å². The van der Waals surface area contributed by atoms with Crippen LogP contribution in [0.15, 0.2) is 24.4 Å². The topological polar surface area (TPSA) is 82.8 Å². The highest BCUT2D eigenvalue weighted by molar-refractivity contribution is 5.75. The van der Waals surface area contributed by atoms with Crippen LogP contribution < -0.4 is 5.32 Å². The van der Waals surface area contributed by atoms with Crippen molar-refractivity contribution < 1.29 is 9.90 Å². The van der Waals surface area contributed by atoms with E-state index < -0.39 is 0 Å². The molecule has 0 aliphatic carbocycles. The number of amides is 2. The van der Waals surface area contributed by atoms with E-state index >= 15 is 0 Å². The molecule has 0 aromatic carbocycles. The van der Waals surface area contributed by atoms with E-state index in [1.807, 2.05) is 28.8 Å². The molecule has 0 spiro atoms. The normalized spacial score (nSPS) is 19.5. The second-order valence-electron chi connectivity index (χ2n) is 6.44. The maximum Gasteiger partial charge on any atom is 0.318 e. The van der Waals surface area contributed by atoms with Crippen molar-refractivity contribution in [3.8, 4) is 0 Å². The molecule has 2 aromatic heterocycles. The second kappa shape index (κ2) is 6.54. The highest BCUT2D eigenvalue weighted by Gasteiger charge is 2.29. The van der Waals surface area contributed by atoms with Crippen LogP contribution in [0.1, 0.15) is 32.1 Å². The van der Waals surface area contributed by atoms with Crippen molar-refractivity contribution >= 4 is 11.7 Å². The zero-order chi connectivity index (χ0) is 16.4. The average molecular weight is 317 g/mol. The summed E-state index contributed by atoms with van der Waals surface area (Å²) in [6, 6.07) is 5.41. The molecule has 2 unspecified atom stereocenters. The quantitative estimate of drug-likeness (QED) is 0.894. The summed E-state index contributed by atoms with van der Waals surface area (Å²) in [6.45, 7) is 5.52. The van der Waals surface area contributed by atoms with Gasteiger partial charge in [-0.1, -0.05) is 19.9 Å². The van der Waals surface area contributed by atoms with Gasteiger partial charge in [-0.2, -0.15) is 0 Å². The fraction of sp³-hybridized carbons (Fsp3) is 0.562. The van der Waals surface area contributed by atoms with Crippen LogP contribution in [-0.2, 0) is 0 Å². The molecule has 2 amide bonds. The summed E-state index contributed by atoms with van der Waals surface area (Å²) in [7, 11) is 0. The van der Waals surface area contributed by atoms with Gasteiger partial charge in [0, 0.05) is 31.8 Å². The molecule has 3 rings (SSSR count). The first-order valence-corrected chi connectivity index (χ1v) is 8.06. The highest BCUT2D eigenvalue weighted by Crippen LogP contribution is 2.22. The third kappa shape index (κ3) is 3.14. The molecule has 1 aliphatic rings. The van der Waals surface area contributed by atoms with Crippen LogP contribution in [0.4, 0.5) is 4.79 Å². The summed E-state index contributed by atoms with van der Waals surface area (Å²) in [5, 5.41) is 20.7. The highest BCUT2D eigenvalue weighted by atomic mass is 16.3. The minimum atomic E-state index is -0.215. The van der Waals surface area contributed by atoms with Crippen molar-refractivity contribution in [1.29, 1.82) is 0 Å². The van der Waals surface area contributed by atoms with Crippen LogP contribution in [0.2, 0.25) is 0 Å². The molecule has 1 saturated heterocycles. The van der Waals surface area contributed by atoms with E-state index in [2.05, 4.69) is 29.4 Å². The van der Waals surface area contributed by atoms with Crippen LogP contribution >= 0.6 is 0 Å². The van der Waals surface area contributed by atoms with Gasteiger partial charge in [0.1, 0.15) is 0 Å². The van der Waals surface area contributed by atoms with E-state index in [1.165, 1.54) is 0 Å². The number of aliphatic hydroxyl groups is 1. The number of hydrogen-bond donors (Lipinski definition) is 2. The second-order valence-corrected chi connectivity index (χ2v) is 6.44. The lowest BCUT2D eigenvalue weighted by molar-refractivity contribution is 0.191. The monoisotopic (exact) mass is 317 g/mol. The molecule has 3 heterocycles. The Hall–Kier alpha value is -2.15. The fourth-order valence-electron chi connectivity index (χ4n) is 2.99. The number of hydrogen-bond acceptors (Lipinski definition) is 4. The number of rotatable bonds is 4. The zero-order valence-electron chi connectivity index (χ0n) is 13.5. The third-order valence-corrected chi connectivity index (χ3v) is 4.40. The van der Waals surface area contributed by atoms with Crippen molar-refractivity contribution in [2.45, 2.75) is 26.3 Å².